The van der Waals surface area contributed by atoms with E-state index in [-0.39, 0.29) is 11.5 Å². The van der Waals surface area contributed by atoms with Gasteiger partial charge in [0.2, 0.25) is 5.82 Å². The third kappa shape index (κ3) is 2.15. The van der Waals surface area contributed by atoms with Crippen molar-refractivity contribution >= 4 is 11.5 Å². The highest BCUT2D eigenvalue weighted by atomic mass is 16.6. The molecule has 0 saturated heterocycles. The van der Waals surface area contributed by atoms with Crippen LogP contribution >= 0.6 is 0 Å². The van der Waals surface area contributed by atoms with Crippen LogP contribution in [0, 0.1) is 10.1 Å². The van der Waals surface area contributed by atoms with Gasteiger partial charge in [0.05, 0.1) is 4.92 Å². The van der Waals surface area contributed by atoms with Gasteiger partial charge in [-0.15, -0.1) is 0 Å². The third-order valence-electron chi connectivity index (χ3n) is 1.88. The Hall–Kier alpha value is -1.72. The van der Waals surface area contributed by atoms with E-state index in [1.807, 2.05) is 6.92 Å². The molecular weight excluding hydrogens is 184 g/mol. The number of aryl methyl sites for hydroxylation is 1. The molecule has 6 nitrogen and oxygen atoms in total. The highest BCUT2D eigenvalue weighted by molar-refractivity contribution is 5.54. The van der Waals surface area contributed by atoms with Crippen molar-refractivity contribution in [2.75, 3.05) is 5.73 Å². The monoisotopic (exact) mass is 196 g/mol. The summed E-state index contributed by atoms with van der Waals surface area (Å²) in [5.41, 5.74) is 5.67. The molecule has 1 aromatic heterocycles. The van der Waals surface area contributed by atoms with E-state index >= 15 is 0 Å². The lowest BCUT2D eigenvalue weighted by atomic mass is 10.2. The molecule has 0 bridgehead atoms. The van der Waals surface area contributed by atoms with Crippen molar-refractivity contribution in [3.63, 3.8) is 0 Å². The molecule has 0 aromatic carbocycles. The van der Waals surface area contributed by atoms with Crippen LogP contribution in [0.15, 0.2) is 6.33 Å². The second kappa shape index (κ2) is 4.50. The molecule has 14 heavy (non-hydrogen) atoms. The van der Waals surface area contributed by atoms with Gasteiger partial charge in [-0.3, -0.25) is 10.1 Å². The SMILES string of the molecule is CCCCc1ncnc(N)c1[N+](=O)[O-]. The fraction of sp³-hybridized carbons (Fsp3) is 0.500. The van der Waals surface area contributed by atoms with Crippen molar-refractivity contribution in [2.45, 2.75) is 26.2 Å². The van der Waals surface area contributed by atoms with Crippen LogP contribution in [0.2, 0.25) is 0 Å². The zero-order chi connectivity index (χ0) is 10.6. The Kier molecular flexibility index (Phi) is 3.33. The van der Waals surface area contributed by atoms with Crippen LogP contribution in [-0.4, -0.2) is 14.9 Å². The molecule has 0 fully saturated rings. The number of rotatable bonds is 4. The molecule has 0 aliphatic heterocycles. The molecule has 0 aliphatic rings. The number of nitro groups is 1. The van der Waals surface area contributed by atoms with Crippen molar-refractivity contribution in [1.29, 1.82) is 0 Å². The summed E-state index contributed by atoms with van der Waals surface area (Å²) in [6.07, 6.45) is 3.64. The van der Waals surface area contributed by atoms with Gasteiger partial charge >= 0.3 is 5.69 Å². The summed E-state index contributed by atoms with van der Waals surface area (Å²) in [7, 11) is 0. The predicted octanol–water partition coefficient (Wildman–Crippen LogP) is 1.31. The molecule has 6 heteroatoms. The largest absolute Gasteiger partial charge is 0.378 e. The average molecular weight is 196 g/mol. The first-order valence-corrected chi connectivity index (χ1v) is 4.40. The van der Waals surface area contributed by atoms with E-state index in [9.17, 15) is 10.1 Å². The minimum absolute atomic E-state index is 0.0592. The predicted molar refractivity (Wildman–Crippen MR) is 51.7 cm³/mol. The third-order valence-corrected chi connectivity index (χ3v) is 1.88. The molecule has 76 valence electrons. The minimum Gasteiger partial charge on any atom is -0.378 e. The highest BCUT2D eigenvalue weighted by Gasteiger charge is 2.19. The Bertz CT molecular complexity index is 340. The zero-order valence-corrected chi connectivity index (χ0v) is 7.93. The summed E-state index contributed by atoms with van der Waals surface area (Å²) < 4.78 is 0. The Balaban J connectivity index is 3.02. The van der Waals surface area contributed by atoms with E-state index in [0.29, 0.717) is 12.1 Å². The second-order valence-electron chi connectivity index (χ2n) is 2.91. The highest BCUT2D eigenvalue weighted by Crippen LogP contribution is 2.22. The fourth-order valence-electron chi connectivity index (χ4n) is 1.16. The number of anilines is 1. The molecule has 1 heterocycles. The number of hydrogen-bond donors (Lipinski definition) is 1. The van der Waals surface area contributed by atoms with Gasteiger partial charge in [-0.2, -0.15) is 0 Å². The lowest BCUT2D eigenvalue weighted by molar-refractivity contribution is -0.385. The molecule has 0 saturated carbocycles. The van der Waals surface area contributed by atoms with Gasteiger partial charge in [0.25, 0.3) is 0 Å². The van der Waals surface area contributed by atoms with E-state index < -0.39 is 4.92 Å². The van der Waals surface area contributed by atoms with Crippen LogP contribution in [0.3, 0.4) is 0 Å². The summed E-state index contributed by atoms with van der Waals surface area (Å²) in [5, 5.41) is 10.7. The average Bonchev–Trinajstić information content (AvgIpc) is 2.14. The van der Waals surface area contributed by atoms with E-state index in [0.717, 1.165) is 12.8 Å². The number of nitrogens with two attached hydrogens (primary N) is 1. The fourth-order valence-corrected chi connectivity index (χ4v) is 1.16. The first-order valence-electron chi connectivity index (χ1n) is 4.40. The van der Waals surface area contributed by atoms with Crippen LogP contribution in [0.4, 0.5) is 11.5 Å². The Morgan fingerprint density at radius 3 is 2.86 bits per heavy atom. The van der Waals surface area contributed by atoms with E-state index in [1.54, 1.807) is 0 Å². The lowest BCUT2D eigenvalue weighted by Crippen LogP contribution is -2.04. The molecule has 1 rings (SSSR count). The second-order valence-corrected chi connectivity index (χ2v) is 2.91. The van der Waals surface area contributed by atoms with Crippen LogP contribution in [-0.2, 0) is 6.42 Å². The minimum atomic E-state index is -0.527. The maximum Gasteiger partial charge on any atom is 0.332 e. The molecule has 1 aromatic rings. The normalized spacial score (nSPS) is 10.1. The van der Waals surface area contributed by atoms with Gasteiger partial charge < -0.3 is 5.73 Å². The molecule has 0 amide bonds. The van der Waals surface area contributed by atoms with Gasteiger partial charge in [0, 0.05) is 0 Å². The van der Waals surface area contributed by atoms with Crippen molar-refractivity contribution in [2.24, 2.45) is 0 Å². The van der Waals surface area contributed by atoms with Gasteiger partial charge in [-0.25, -0.2) is 9.97 Å². The summed E-state index contributed by atoms with van der Waals surface area (Å²) in [4.78, 5) is 17.6. The number of aromatic nitrogens is 2. The number of hydrogen-bond acceptors (Lipinski definition) is 5. The smallest absolute Gasteiger partial charge is 0.332 e. The van der Waals surface area contributed by atoms with Crippen LogP contribution in [0.5, 0.6) is 0 Å². The number of unbranched alkanes of at least 4 members (excludes halogenated alkanes) is 1. The van der Waals surface area contributed by atoms with Gasteiger partial charge in [0.1, 0.15) is 12.0 Å². The molecular formula is C8H12N4O2. The first-order chi connectivity index (χ1) is 6.66. The van der Waals surface area contributed by atoms with Crippen LogP contribution in [0.25, 0.3) is 0 Å². The quantitative estimate of drug-likeness (QED) is 0.578. The molecule has 0 aliphatic carbocycles. The Morgan fingerprint density at radius 1 is 1.57 bits per heavy atom. The first kappa shape index (κ1) is 10.4. The molecule has 0 radical (unpaired) electrons. The van der Waals surface area contributed by atoms with Gasteiger partial charge in [-0.1, -0.05) is 13.3 Å². The summed E-state index contributed by atoms with van der Waals surface area (Å²) in [6, 6.07) is 0. The Morgan fingerprint density at radius 2 is 2.29 bits per heavy atom. The van der Waals surface area contributed by atoms with Crippen LogP contribution in [0.1, 0.15) is 25.5 Å². The van der Waals surface area contributed by atoms with E-state index in [2.05, 4.69) is 9.97 Å². The Labute approximate surface area is 81.3 Å². The summed E-state index contributed by atoms with van der Waals surface area (Å²) in [5.74, 6) is -0.0592. The van der Waals surface area contributed by atoms with Crippen molar-refractivity contribution in [3.8, 4) is 0 Å². The summed E-state index contributed by atoms with van der Waals surface area (Å²) >= 11 is 0. The zero-order valence-electron chi connectivity index (χ0n) is 7.93. The van der Waals surface area contributed by atoms with Crippen molar-refractivity contribution in [3.05, 3.63) is 22.1 Å². The van der Waals surface area contributed by atoms with Crippen LogP contribution < -0.4 is 5.73 Å². The molecule has 0 unspecified atom stereocenters. The maximum absolute atomic E-state index is 10.7. The standard InChI is InChI=1S/C8H12N4O2/c1-2-3-4-6-7(12(13)14)8(9)11-5-10-6/h5H,2-4H2,1H3,(H2,9,10,11). The molecule has 2 N–H and O–H groups in total. The van der Waals surface area contributed by atoms with Crippen molar-refractivity contribution < 1.29 is 4.92 Å². The number of nitrogens with zero attached hydrogens (tertiary/aromatic N) is 3. The summed E-state index contributed by atoms with van der Waals surface area (Å²) in [6.45, 7) is 2.01. The maximum atomic E-state index is 10.7. The topological polar surface area (TPSA) is 94.9 Å². The lowest BCUT2D eigenvalue weighted by Gasteiger charge is -2.01. The van der Waals surface area contributed by atoms with Gasteiger partial charge in [0.15, 0.2) is 0 Å². The van der Waals surface area contributed by atoms with Gasteiger partial charge in [-0.05, 0) is 12.8 Å². The van der Waals surface area contributed by atoms with E-state index in [4.69, 9.17) is 5.73 Å². The van der Waals surface area contributed by atoms with E-state index in [1.165, 1.54) is 6.33 Å². The number of nitrogen functional groups attached to an aromatic ring is 1. The molecule has 0 atom stereocenters. The van der Waals surface area contributed by atoms with Crippen molar-refractivity contribution in [1.82, 2.24) is 9.97 Å². The molecule has 0 spiro atoms.